The molecule has 3 aliphatic heterocycles. The predicted molar refractivity (Wildman–Crippen MR) is 87.8 cm³/mol. The molecule has 2 fully saturated rings. The summed E-state index contributed by atoms with van der Waals surface area (Å²) in [4.78, 5) is 0. The number of rotatable bonds is 2. The highest BCUT2D eigenvalue weighted by atomic mass is 16.3. The van der Waals surface area contributed by atoms with Crippen molar-refractivity contribution in [1.82, 2.24) is 16.0 Å². The Labute approximate surface area is 132 Å². The molecule has 3 unspecified atom stereocenters. The molecule has 3 heterocycles. The summed E-state index contributed by atoms with van der Waals surface area (Å²) in [5, 5.41) is 20.3. The van der Waals surface area contributed by atoms with E-state index in [9.17, 15) is 5.11 Å². The molecule has 2 saturated heterocycles. The lowest BCUT2D eigenvalue weighted by Crippen LogP contribution is -2.46. The first-order valence-corrected chi connectivity index (χ1v) is 8.48. The van der Waals surface area contributed by atoms with Gasteiger partial charge < -0.3 is 21.1 Å². The second-order valence-electron chi connectivity index (χ2n) is 6.82. The fourth-order valence-corrected chi connectivity index (χ4v) is 4.32. The molecule has 0 saturated carbocycles. The largest absolute Gasteiger partial charge is 0.508 e. The van der Waals surface area contributed by atoms with Crippen molar-refractivity contribution in [2.75, 3.05) is 26.2 Å². The van der Waals surface area contributed by atoms with Crippen LogP contribution in [0.15, 0.2) is 35.9 Å². The van der Waals surface area contributed by atoms with E-state index in [0.29, 0.717) is 23.8 Å². The number of hydrogen-bond acceptors (Lipinski definition) is 4. The number of benzene rings is 1. The molecule has 4 rings (SSSR count). The van der Waals surface area contributed by atoms with Crippen LogP contribution in [0, 0.1) is 11.8 Å². The van der Waals surface area contributed by atoms with Crippen molar-refractivity contribution in [3.05, 3.63) is 41.5 Å². The Morgan fingerprint density at radius 3 is 2.77 bits per heavy atom. The van der Waals surface area contributed by atoms with Crippen LogP contribution in [0.3, 0.4) is 0 Å². The summed E-state index contributed by atoms with van der Waals surface area (Å²) in [5.41, 5.74) is 2.85. The Balaban J connectivity index is 1.55. The summed E-state index contributed by atoms with van der Waals surface area (Å²) < 4.78 is 0. The Kier molecular flexibility index (Phi) is 3.90. The van der Waals surface area contributed by atoms with Crippen LogP contribution in [0.2, 0.25) is 0 Å². The molecule has 22 heavy (non-hydrogen) atoms. The molecular weight excluding hydrogens is 274 g/mol. The van der Waals surface area contributed by atoms with Crippen LogP contribution in [0.25, 0.3) is 0 Å². The minimum Gasteiger partial charge on any atom is -0.508 e. The molecular formula is C18H25N3O. The van der Waals surface area contributed by atoms with Crippen LogP contribution in [-0.2, 0) is 0 Å². The van der Waals surface area contributed by atoms with E-state index in [1.165, 1.54) is 18.4 Å². The van der Waals surface area contributed by atoms with Gasteiger partial charge in [0.05, 0.1) is 6.17 Å². The highest BCUT2D eigenvalue weighted by Crippen LogP contribution is 2.35. The normalized spacial score (nSPS) is 35.0. The Morgan fingerprint density at radius 2 is 1.91 bits per heavy atom. The minimum atomic E-state index is 0.341. The van der Waals surface area contributed by atoms with Gasteiger partial charge in [-0.05, 0) is 48.9 Å². The van der Waals surface area contributed by atoms with Gasteiger partial charge in [0.2, 0.25) is 0 Å². The molecule has 3 aliphatic rings. The third kappa shape index (κ3) is 2.67. The van der Waals surface area contributed by atoms with Gasteiger partial charge in [-0.25, -0.2) is 0 Å². The fourth-order valence-electron chi connectivity index (χ4n) is 4.32. The zero-order valence-corrected chi connectivity index (χ0v) is 12.9. The van der Waals surface area contributed by atoms with Gasteiger partial charge in [0.1, 0.15) is 5.75 Å². The zero-order chi connectivity index (χ0) is 14.9. The van der Waals surface area contributed by atoms with Gasteiger partial charge in [0.25, 0.3) is 0 Å². The van der Waals surface area contributed by atoms with Crippen LogP contribution in [0.4, 0.5) is 0 Å². The lowest BCUT2D eigenvalue weighted by molar-refractivity contribution is 0.269. The molecule has 1 aromatic carbocycles. The fraction of sp³-hybridized carbons (Fsp3) is 0.556. The highest BCUT2D eigenvalue weighted by molar-refractivity contribution is 5.34. The van der Waals surface area contributed by atoms with Gasteiger partial charge in [-0.2, -0.15) is 0 Å². The molecule has 1 aromatic rings. The molecule has 118 valence electrons. The van der Waals surface area contributed by atoms with E-state index >= 15 is 0 Å². The summed E-state index contributed by atoms with van der Waals surface area (Å²) in [7, 11) is 0. The van der Waals surface area contributed by atoms with Crippen LogP contribution in [-0.4, -0.2) is 37.5 Å². The van der Waals surface area contributed by atoms with E-state index in [2.05, 4.69) is 22.0 Å². The van der Waals surface area contributed by atoms with E-state index < -0.39 is 0 Å². The molecule has 4 atom stereocenters. The van der Waals surface area contributed by atoms with Gasteiger partial charge in [-0.3, -0.25) is 0 Å². The average Bonchev–Trinajstić information content (AvgIpc) is 3.00. The Bertz CT molecular complexity index is 554. The molecule has 0 aromatic heterocycles. The zero-order valence-electron chi connectivity index (χ0n) is 12.9. The summed E-state index contributed by atoms with van der Waals surface area (Å²) in [6.07, 6.45) is 5.61. The number of phenolic OH excluding ortho intramolecular Hbond substituents is 1. The summed E-state index contributed by atoms with van der Waals surface area (Å²) in [6.45, 7) is 4.25. The van der Waals surface area contributed by atoms with E-state index in [4.69, 9.17) is 0 Å². The lowest BCUT2D eigenvalue weighted by atomic mass is 9.79. The molecule has 4 heteroatoms. The standard InChI is InChI=1S/C18H25N3O/c22-15-5-3-12(4-6-15)13-8-14(10-19-9-13)17-11-21-18-16(17)2-1-7-20-18/h3-6,8,13,16-22H,1-2,7,9-11H2/t13-,16?,17?,18?/m1/s1. The third-order valence-electron chi connectivity index (χ3n) is 5.49. The van der Waals surface area contributed by atoms with Crippen molar-refractivity contribution >= 4 is 0 Å². The third-order valence-corrected chi connectivity index (χ3v) is 5.49. The first kappa shape index (κ1) is 14.2. The van der Waals surface area contributed by atoms with E-state index in [0.717, 1.165) is 32.1 Å². The summed E-state index contributed by atoms with van der Waals surface area (Å²) in [6, 6.07) is 7.66. The molecule has 0 bridgehead atoms. The predicted octanol–water partition coefficient (Wildman–Crippen LogP) is 1.55. The van der Waals surface area contributed by atoms with E-state index in [-0.39, 0.29) is 0 Å². The van der Waals surface area contributed by atoms with Crippen molar-refractivity contribution < 1.29 is 5.11 Å². The highest BCUT2D eigenvalue weighted by Gasteiger charge is 2.39. The molecule has 0 radical (unpaired) electrons. The molecule has 0 aliphatic carbocycles. The van der Waals surface area contributed by atoms with Crippen molar-refractivity contribution in [1.29, 1.82) is 0 Å². The maximum Gasteiger partial charge on any atom is 0.115 e. The lowest BCUT2D eigenvalue weighted by Gasteiger charge is -2.33. The number of nitrogens with one attached hydrogen (secondary N) is 3. The van der Waals surface area contributed by atoms with Gasteiger partial charge in [0.15, 0.2) is 0 Å². The Hall–Kier alpha value is -1.36. The number of fused-ring (bicyclic) bond motifs is 1. The smallest absolute Gasteiger partial charge is 0.115 e. The average molecular weight is 299 g/mol. The van der Waals surface area contributed by atoms with Crippen LogP contribution in [0.1, 0.15) is 24.3 Å². The maximum absolute atomic E-state index is 9.46. The van der Waals surface area contributed by atoms with Crippen molar-refractivity contribution in [3.8, 4) is 5.75 Å². The number of piperidine rings is 1. The molecule has 4 N–H and O–H groups in total. The van der Waals surface area contributed by atoms with E-state index in [1.807, 2.05) is 12.1 Å². The van der Waals surface area contributed by atoms with Gasteiger partial charge in [-0.15, -0.1) is 0 Å². The first-order chi connectivity index (χ1) is 10.8. The first-order valence-electron chi connectivity index (χ1n) is 8.48. The molecule has 0 spiro atoms. The maximum atomic E-state index is 9.46. The quantitative estimate of drug-likeness (QED) is 0.626. The second-order valence-corrected chi connectivity index (χ2v) is 6.82. The second kappa shape index (κ2) is 6.03. The number of hydrogen-bond donors (Lipinski definition) is 4. The number of phenols is 1. The van der Waals surface area contributed by atoms with Crippen molar-refractivity contribution in [3.63, 3.8) is 0 Å². The Morgan fingerprint density at radius 1 is 1.05 bits per heavy atom. The SMILES string of the molecule is Oc1ccc([C@@H]2C=C(C3CNC4NCCCC43)CNC2)cc1. The van der Waals surface area contributed by atoms with Crippen molar-refractivity contribution in [2.45, 2.75) is 24.9 Å². The molecule has 0 amide bonds. The van der Waals surface area contributed by atoms with Gasteiger partial charge >= 0.3 is 0 Å². The van der Waals surface area contributed by atoms with Crippen LogP contribution < -0.4 is 16.0 Å². The van der Waals surface area contributed by atoms with Gasteiger partial charge in [-0.1, -0.05) is 23.8 Å². The molecule has 4 nitrogen and oxygen atoms in total. The van der Waals surface area contributed by atoms with Crippen LogP contribution >= 0.6 is 0 Å². The monoisotopic (exact) mass is 299 g/mol. The van der Waals surface area contributed by atoms with E-state index in [1.54, 1.807) is 17.7 Å². The topological polar surface area (TPSA) is 56.3 Å². The van der Waals surface area contributed by atoms with Crippen LogP contribution in [0.5, 0.6) is 5.75 Å². The summed E-state index contributed by atoms with van der Waals surface area (Å²) in [5.74, 6) is 2.15. The summed E-state index contributed by atoms with van der Waals surface area (Å²) >= 11 is 0. The minimum absolute atomic E-state index is 0.341. The van der Waals surface area contributed by atoms with Gasteiger partial charge in [0, 0.05) is 25.6 Å². The van der Waals surface area contributed by atoms with Crippen molar-refractivity contribution in [2.24, 2.45) is 11.8 Å². The number of aromatic hydroxyl groups is 1.